The fourth-order valence-electron chi connectivity index (χ4n) is 5.36. The number of benzene rings is 2. The molecule has 13 heteroatoms. The Kier molecular flexibility index (Phi) is 9.76. The zero-order chi connectivity index (χ0) is 29.9. The van der Waals surface area contributed by atoms with Crippen molar-refractivity contribution < 1.29 is 31.5 Å². The minimum absolute atomic E-state index is 0.0857. The summed E-state index contributed by atoms with van der Waals surface area (Å²) in [7, 11) is 1.83. The number of rotatable bonds is 8. The molecule has 2 aromatic carbocycles. The molecule has 7 nitrogen and oxygen atoms in total. The lowest BCUT2D eigenvalue weighted by atomic mass is 10.1. The highest BCUT2D eigenvalue weighted by molar-refractivity contribution is 6.31. The van der Waals surface area contributed by atoms with Gasteiger partial charge in [-0.1, -0.05) is 17.7 Å². The normalized spacial score (nSPS) is 20.3. The Morgan fingerprint density at radius 2 is 1.83 bits per heavy atom. The molecule has 41 heavy (non-hydrogen) atoms. The minimum Gasteiger partial charge on any atom is -0.365 e. The van der Waals surface area contributed by atoms with E-state index in [1.807, 2.05) is 23.8 Å². The molecule has 0 aliphatic carbocycles. The van der Waals surface area contributed by atoms with Crippen molar-refractivity contribution in [2.45, 2.75) is 51.0 Å². The molecule has 0 spiro atoms. The van der Waals surface area contributed by atoms with Crippen molar-refractivity contribution in [2.75, 3.05) is 50.0 Å². The highest BCUT2D eigenvalue weighted by Gasteiger charge is 2.32. The highest BCUT2D eigenvalue weighted by atomic mass is 35.5. The van der Waals surface area contributed by atoms with Crippen LogP contribution in [0.1, 0.15) is 42.1 Å². The maximum Gasteiger partial charge on any atom is 0.390 e. The smallest absolute Gasteiger partial charge is 0.365 e. The predicted octanol–water partition coefficient (Wildman–Crippen LogP) is 5.04. The lowest BCUT2D eigenvalue weighted by Gasteiger charge is -2.42. The number of alkyl halides is 3. The van der Waals surface area contributed by atoms with Crippen LogP contribution in [0.4, 0.5) is 33.3 Å². The molecule has 4 rings (SSSR count). The van der Waals surface area contributed by atoms with Crippen LogP contribution in [0.3, 0.4) is 0 Å². The number of carbonyl (C=O) groups is 2. The molecule has 2 aliphatic heterocycles. The first-order valence-corrected chi connectivity index (χ1v) is 13.8. The Balaban J connectivity index is 1.44. The average Bonchev–Trinajstić information content (AvgIpc) is 3.34. The molecule has 0 bridgehead atoms. The van der Waals surface area contributed by atoms with Gasteiger partial charge in [0, 0.05) is 49.4 Å². The van der Waals surface area contributed by atoms with Gasteiger partial charge in [-0.15, -0.1) is 0 Å². The van der Waals surface area contributed by atoms with Crippen molar-refractivity contribution in [3.05, 3.63) is 58.1 Å². The second kappa shape index (κ2) is 12.9. The van der Waals surface area contributed by atoms with Crippen molar-refractivity contribution in [3.63, 3.8) is 0 Å². The average molecular weight is 602 g/mol. The number of likely N-dealkylation sites (tertiary alicyclic amines) is 1. The van der Waals surface area contributed by atoms with Gasteiger partial charge in [-0.3, -0.25) is 19.4 Å². The van der Waals surface area contributed by atoms with E-state index >= 15 is 4.39 Å². The first kappa shape index (κ1) is 31.0. The monoisotopic (exact) mass is 601 g/mol. The zero-order valence-corrected chi connectivity index (χ0v) is 23.6. The van der Waals surface area contributed by atoms with E-state index in [9.17, 15) is 27.2 Å². The van der Waals surface area contributed by atoms with Gasteiger partial charge in [-0.2, -0.15) is 13.2 Å². The Morgan fingerprint density at radius 3 is 2.49 bits per heavy atom. The molecule has 224 valence electrons. The van der Waals surface area contributed by atoms with Gasteiger partial charge in [0.15, 0.2) is 11.6 Å². The molecule has 2 atom stereocenters. The maximum atomic E-state index is 15.0. The molecule has 2 amide bonds. The van der Waals surface area contributed by atoms with E-state index < -0.39 is 35.7 Å². The number of nitrogens with one attached hydrogen (secondary N) is 2. The summed E-state index contributed by atoms with van der Waals surface area (Å²) in [5.41, 5.74) is 0.217. The Hall–Kier alpha value is -2.96. The van der Waals surface area contributed by atoms with E-state index in [1.165, 1.54) is 18.2 Å². The first-order valence-electron chi connectivity index (χ1n) is 13.5. The largest absolute Gasteiger partial charge is 0.390 e. The Labute approximate surface area is 240 Å². The summed E-state index contributed by atoms with van der Waals surface area (Å²) in [4.78, 5) is 31.0. The Bertz CT molecular complexity index is 1280. The molecule has 0 saturated carbocycles. The SMILES string of the molecule is C[C@@H]1CN(CCC(F)(F)F)CCN1c1cc(Cl)ccc1NC(=O)c1ccc(CNC(=O)[C@H]2CCCN2C)c(F)c1F. The van der Waals surface area contributed by atoms with Gasteiger partial charge in [-0.25, -0.2) is 8.78 Å². The van der Waals surface area contributed by atoms with E-state index in [0.717, 1.165) is 19.0 Å². The van der Waals surface area contributed by atoms with Crippen molar-refractivity contribution in [2.24, 2.45) is 0 Å². The lowest BCUT2D eigenvalue weighted by molar-refractivity contribution is -0.138. The molecule has 0 unspecified atom stereocenters. The van der Waals surface area contributed by atoms with E-state index in [1.54, 1.807) is 11.0 Å². The van der Waals surface area contributed by atoms with Crippen LogP contribution in [0.25, 0.3) is 0 Å². The van der Waals surface area contributed by atoms with E-state index in [4.69, 9.17) is 11.6 Å². The van der Waals surface area contributed by atoms with Crippen LogP contribution >= 0.6 is 11.6 Å². The summed E-state index contributed by atoms with van der Waals surface area (Å²) in [5.74, 6) is -3.71. The quantitative estimate of drug-likeness (QED) is 0.415. The fourth-order valence-corrected chi connectivity index (χ4v) is 5.53. The minimum atomic E-state index is -4.24. The van der Waals surface area contributed by atoms with E-state index in [-0.39, 0.29) is 36.6 Å². The van der Waals surface area contributed by atoms with Crippen LogP contribution in [0, 0.1) is 11.6 Å². The van der Waals surface area contributed by atoms with Crippen LogP contribution in [0.5, 0.6) is 0 Å². The highest BCUT2D eigenvalue weighted by Crippen LogP contribution is 2.33. The molecule has 2 N–H and O–H groups in total. The standard InChI is InChI=1S/C28H33ClF5N5O2/c1-17-16-38(11-9-28(32,33)34)12-13-39(17)23-14-19(29)6-8-21(23)36-26(40)20-7-5-18(24(30)25(20)31)15-35-27(41)22-4-3-10-37(22)2/h5-8,14,17,22H,3-4,9-13,15-16H2,1-2H3,(H,35,41)(H,36,40)/t17-,22-/m1/s1. The van der Waals surface area contributed by atoms with Gasteiger partial charge in [0.1, 0.15) is 0 Å². The van der Waals surface area contributed by atoms with Gasteiger partial charge < -0.3 is 15.5 Å². The third kappa shape index (κ3) is 7.66. The summed E-state index contributed by atoms with van der Waals surface area (Å²) in [6, 6.07) is 6.59. The zero-order valence-electron chi connectivity index (χ0n) is 22.8. The van der Waals surface area contributed by atoms with Crippen molar-refractivity contribution in [1.82, 2.24) is 15.1 Å². The molecule has 2 aliphatic rings. The molecule has 2 heterocycles. The molecule has 2 aromatic rings. The second-order valence-corrected chi connectivity index (χ2v) is 11.0. The van der Waals surface area contributed by atoms with Crippen molar-refractivity contribution in [3.8, 4) is 0 Å². The van der Waals surface area contributed by atoms with Gasteiger partial charge in [0.2, 0.25) is 5.91 Å². The first-order chi connectivity index (χ1) is 19.3. The van der Waals surface area contributed by atoms with Crippen LogP contribution in [0.2, 0.25) is 5.02 Å². The molecular weight excluding hydrogens is 569 g/mol. The number of anilines is 2. The van der Waals surface area contributed by atoms with Gasteiger partial charge in [0.05, 0.1) is 29.4 Å². The second-order valence-electron chi connectivity index (χ2n) is 10.6. The van der Waals surface area contributed by atoms with Gasteiger partial charge in [-0.05, 0) is 57.6 Å². The number of likely N-dealkylation sites (N-methyl/N-ethyl adjacent to an activating group) is 1. The number of hydrogen-bond donors (Lipinski definition) is 2. The predicted molar refractivity (Wildman–Crippen MR) is 147 cm³/mol. The van der Waals surface area contributed by atoms with E-state index in [0.29, 0.717) is 42.5 Å². The fraction of sp³-hybridized carbons (Fsp3) is 0.500. The van der Waals surface area contributed by atoms with Crippen LogP contribution in [-0.2, 0) is 11.3 Å². The summed E-state index contributed by atoms with van der Waals surface area (Å²) >= 11 is 6.21. The summed E-state index contributed by atoms with van der Waals surface area (Å²) in [5, 5.41) is 5.63. The number of halogens is 6. The number of piperazine rings is 1. The van der Waals surface area contributed by atoms with E-state index in [2.05, 4.69) is 10.6 Å². The van der Waals surface area contributed by atoms with Crippen LogP contribution in [-0.4, -0.2) is 79.6 Å². The maximum absolute atomic E-state index is 15.0. The molecule has 2 fully saturated rings. The molecular formula is C28H33ClF5N5O2. The van der Waals surface area contributed by atoms with Crippen molar-refractivity contribution >= 4 is 34.8 Å². The number of amides is 2. The Morgan fingerprint density at radius 1 is 1.07 bits per heavy atom. The number of nitrogens with zero attached hydrogens (tertiary/aromatic N) is 3. The van der Waals surface area contributed by atoms with Crippen molar-refractivity contribution in [1.29, 1.82) is 0 Å². The third-order valence-corrected chi connectivity index (χ3v) is 7.86. The molecule has 2 saturated heterocycles. The van der Waals surface area contributed by atoms with Gasteiger partial charge >= 0.3 is 6.18 Å². The van der Waals surface area contributed by atoms with Gasteiger partial charge in [0.25, 0.3) is 5.91 Å². The number of hydrogen-bond acceptors (Lipinski definition) is 5. The third-order valence-electron chi connectivity index (χ3n) is 7.62. The van der Waals surface area contributed by atoms with Crippen LogP contribution in [0.15, 0.2) is 30.3 Å². The van der Waals surface area contributed by atoms with Crippen LogP contribution < -0.4 is 15.5 Å². The summed E-state index contributed by atoms with van der Waals surface area (Å²) in [6.45, 7) is 3.42. The summed E-state index contributed by atoms with van der Waals surface area (Å²) < 4.78 is 67.9. The summed E-state index contributed by atoms with van der Waals surface area (Å²) in [6.07, 6.45) is -3.56. The lowest BCUT2D eigenvalue weighted by Crippen LogP contribution is -2.52. The molecule has 0 aromatic heterocycles. The molecule has 0 radical (unpaired) electrons. The number of carbonyl (C=O) groups excluding carboxylic acids is 2. The topological polar surface area (TPSA) is 67.9 Å².